The number of ether oxygens (including phenoxy) is 3. The first-order valence-corrected chi connectivity index (χ1v) is 13.6. The third kappa shape index (κ3) is 4.91. The summed E-state index contributed by atoms with van der Waals surface area (Å²) in [4.78, 5) is 31.2. The molecule has 3 aromatic carbocycles. The summed E-state index contributed by atoms with van der Waals surface area (Å²) in [7, 11) is 0. The highest BCUT2D eigenvalue weighted by molar-refractivity contribution is 6.08. The number of carbonyl (C=O) groups excluding carboxylic acids is 2. The molecular weight excluding hydrogens is 504 g/mol. The van der Waals surface area contributed by atoms with Crippen LogP contribution in [0.2, 0.25) is 0 Å². The van der Waals surface area contributed by atoms with E-state index in [9.17, 15) is 9.59 Å². The number of anilines is 1. The van der Waals surface area contributed by atoms with Crippen LogP contribution in [0.25, 0.3) is 22.6 Å². The molecule has 0 saturated carbocycles. The quantitative estimate of drug-likeness (QED) is 0.264. The lowest BCUT2D eigenvalue weighted by Gasteiger charge is -2.16. The summed E-state index contributed by atoms with van der Waals surface area (Å²) < 4.78 is 16.6. The average molecular weight is 535 g/mol. The van der Waals surface area contributed by atoms with Gasteiger partial charge >= 0.3 is 5.97 Å². The summed E-state index contributed by atoms with van der Waals surface area (Å²) in [6, 6.07) is 21.1. The standard InChI is InChI=1S/C33H30N2O5/c1-3-20(2)23-8-4-6-10-26(23)34-30(36)18-38-33(37)31-24-9-5-7-11-27(24)35-32-22(13-14-25(31)32)16-21-12-15-28-29(17-21)40-19-39-28/h4-12,15-17,20H,3,13-14,18-19H2,1-2H3,(H,34,36)/b22-16-/t20-/m0/s1. The molecule has 1 aliphatic heterocycles. The lowest BCUT2D eigenvalue weighted by molar-refractivity contribution is -0.119. The fourth-order valence-electron chi connectivity index (χ4n) is 5.37. The third-order valence-electron chi connectivity index (χ3n) is 7.60. The minimum atomic E-state index is -0.524. The Labute approximate surface area is 232 Å². The van der Waals surface area contributed by atoms with E-state index in [0.29, 0.717) is 29.2 Å². The molecule has 7 heteroatoms. The highest BCUT2D eigenvalue weighted by Gasteiger charge is 2.28. The van der Waals surface area contributed by atoms with Crippen molar-refractivity contribution in [2.45, 2.75) is 39.0 Å². The van der Waals surface area contributed by atoms with Gasteiger partial charge in [-0.05, 0) is 77.8 Å². The first-order chi connectivity index (χ1) is 19.5. The van der Waals surface area contributed by atoms with Crippen molar-refractivity contribution in [2.75, 3.05) is 18.7 Å². The van der Waals surface area contributed by atoms with Gasteiger partial charge in [-0.15, -0.1) is 0 Å². The fraction of sp³-hybridized carbons (Fsp3) is 0.242. The molecule has 0 fully saturated rings. The van der Waals surface area contributed by atoms with E-state index < -0.39 is 5.97 Å². The smallest absolute Gasteiger partial charge is 0.339 e. The van der Waals surface area contributed by atoms with Crippen LogP contribution in [0.15, 0.2) is 66.7 Å². The second kappa shape index (κ2) is 10.8. The number of aromatic nitrogens is 1. The topological polar surface area (TPSA) is 86.8 Å². The van der Waals surface area contributed by atoms with Crippen LogP contribution in [0.4, 0.5) is 5.69 Å². The number of para-hydroxylation sites is 2. The van der Waals surface area contributed by atoms with E-state index in [1.165, 1.54) is 0 Å². The highest BCUT2D eigenvalue weighted by atomic mass is 16.7. The number of nitrogens with zero attached hydrogens (tertiary/aromatic N) is 1. The third-order valence-corrected chi connectivity index (χ3v) is 7.60. The Kier molecular flexibility index (Phi) is 6.95. The van der Waals surface area contributed by atoms with Gasteiger partial charge in [0.1, 0.15) is 0 Å². The van der Waals surface area contributed by atoms with Crippen molar-refractivity contribution in [1.29, 1.82) is 0 Å². The van der Waals surface area contributed by atoms with Crippen molar-refractivity contribution in [3.8, 4) is 11.5 Å². The van der Waals surface area contributed by atoms with Crippen molar-refractivity contribution < 1.29 is 23.8 Å². The molecule has 1 atom stereocenters. The van der Waals surface area contributed by atoms with Gasteiger partial charge in [0.25, 0.3) is 5.91 Å². The van der Waals surface area contributed by atoms with Crippen molar-refractivity contribution in [3.05, 3.63) is 94.7 Å². The number of amides is 1. The van der Waals surface area contributed by atoms with E-state index in [1.807, 2.05) is 66.7 Å². The van der Waals surface area contributed by atoms with E-state index >= 15 is 0 Å². The molecule has 1 aliphatic carbocycles. The monoisotopic (exact) mass is 534 g/mol. The second-order valence-electron chi connectivity index (χ2n) is 10.1. The molecular formula is C33H30N2O5. The number of fused-ring (bicyclic) bond motifs is 3. The molecule has 202 valence electrons. The van der Waals surface area contributed by atoms with E-state index in [2.05, 4.69) is 25.2 Å². The minimum Gasteiger partial charge on any atom is -0.454 e. The highest BCUT2D eigenvalue weighted by Crippen LogP contribution is 2.39. The molecule has 0 spiro atoms. The number of esters is 1. The van der Waals surface area contributed by atoms with Gasteiger partial charge in [0.15, 0.2) is 18.1 Å². The molecule has 4 aromatic rings. The maximum absolute atomic E-state index is 13.5. The van der Waals surface area contributed by atoms with Crippen LogP contribution < -0.4 is 14.8 Å². The maximum atomic E-state index is 13.5. The van der Waals surface area contributed by atoms with Crippen LogP contribution in [0.3, 0.4) is 0 Å². The van der Waals surface area contributed by atoms with Crippen LogP contribution in [0, 0.1) is 0 Å². The summed E-state index contributed by atoms with van der Waals surface area (Å²) in [5, 5.41) is 3.64. The number of hydrogen-bond donors (Lipinski definition) is 1. The van der Waals surface area contributed by atoms with Gasteiger partial charge in [-0.1, -0.05) is 56.3 Å². The van der Waals surface area contributed by atoms with Crippen LogP contribution in [-0.4, -0.2) is 30.3 Å². The van der Waals surface area contributed by atoms with Crippen molar-refractivity contribution in [1.82, 2.24) is 4.98 Å². The van der Waals surface area contributed by atoms with Crippen molar-refractivity contribution >= 4 is 40.1 Å². The number of rotatable bonds is 7. The van der Waals surface area contributed by atoms with Gasteiger partial charge in [0.05, 0.1) is 16.8 Å². The van der Waals surface area contributed by atoms with Crippen molar-refractivity contribution in [2.24, 2.45) is 0 Å². The normalized spacial score (nSPS) is 15.2. The zero-order valence-corrected chi connectivity index (χ0v) is 22.5. The van der Waals surface area contributed by atoms with Crippen LogP contribution in [0.1, 0.15) is 65.3 Å². The van der Waals surface area contributed by atoms with E-state index in [1.54, 1.807) is 0 Å². The Morgan fingerprint density at radius 1 is 1.02 bits per heavy atom. The van der Waals surface area contributed by atoms with E-state index in [0.717, 1.165) is 57.6 Å². The van der Waals surface area contributed by atoms with Gasteiger partial charge in [-0.3, -0.25) is 4.79 Å². The average Bonchev–Trinajstić information content (AvgIpc) is 3.61. The molecule has 7 nitrogen and oxygen atoms in total. The maximum Gasteiger partial charge on any atom is 0.339 e. The second-order valence-corrected chi connectivity index (χ2v) is 10.1. The molecule has 0 radical (unpaired) electrons. The molecule has 2 heterocycles. The predicted molar refractivity (Wildman–Crippen MR) is 155 cm³/mol. The number of pyridine rings is 1. The first-order valence-electron chi connectivity index (χ1n) is 13.6. The number of benzene rings is 3. The number of allylic oxidation sites excluding steroid dienone is 1. The largest absolute Gasteiger partial charge is 0.454 e. The van der Waals surface area contributed by atoms with Crippen molar-refractivity contribution in [3.63, 3.8) is 0 Å². The minimum absolute atomic E-state index is 0.222. The molecule has 40 heavy (non-hydrogen) atoms. The summed E-state index contributed by atoms with van der Waals surface area (Å²) in [5.74, 6) is 0.848. The first kappa shape index (κ1) is 25.6. The Morgan fingerprint density at radius 3 is 2.70 bits per heavy atom. The SMILES string of the molecule is CC[C@H](C)c1ccccc1NC(=O)COC(=O)c1c2c(nc3ccccc13)/C(=C\c1ccc3c(c1)OCO3)CC2. The van der Waals surface area contributed by atoms with Gasteiger partial charge in [-0.2, -0.15) is 0 Å². The van der Waals surface area contributed by atoms with Gasteiger partial charge in [0, 0.05) is 11.1 Å². The van der Waals surface area contributed by atoms with Crippen LogP contribution in [0.5, 0.6) is 11.5 Å². The number of nitrogens with one attached hydrogen (secondary N) is 1. The predicted octanol–water partition coefficient (Wildman–Crippen LogP) is 6.76. The summed E-state index contributed by atoms with van der Waals surface area (Å²) in [5.41, 5.74) is 6.62. The lowest BCUT2D eigenvalue weighted by Crippen LogP contribution is -2.22. The summed E-state index contributed by atoms with van der Waals surface area (Å²) in [6.45, 7) is 4.08. The summed E-state index contributed by atoms with van der Waals surface area (Å²) in [6.07, 6.45) is 4.42. The Morgan fingerprint density at radius 2 is 1.82 bits per heavy atom. The van der Waals surface area contributed by atoms with Crippen LogP contribution in [-0.2, 0) is 16.0 Å². The molecule has 0 unspecified atom stereocenters. The molecule has 1 amide bonds. The number of hydrogen-bond acceptors (Lipinski definition) is 6. The Hall–Kier alpha value is -4.65. The number of carbonyl (C=O) groups is 2. The molecule has 0 saturated heterocycles. The van der Waals surface area contributed by atoms with Gasteiger partial charge in [0.2, 0.25) is 6.79 Å². The zero-order valence-electron chi connectivity index (χ0n) is 22.5. The molecule has 1 N–H and O–H groups in total. The summed E-state index contributed by atoms with van der Waals surface area (Å²) >= 11 is 0. The molecule has 1 aromatic heterocycles. The molecule has 2 aliphatic rings. The van der Waals surface area contributed by atoms with Gasteiger partial charge in [-0.25, -0.2) is 9.78 Å². The van der Waals surface area contributed by atoms with Crippen LogP contribution >= 0.6 is 0 Å². The molecule has 6 rings (SSSR count). The van der Waals surface area contributed by atoms with E-state index in [-0.39, 0.29) is 19.3 Å². The zero-order chi connectivity index (χ0) is 27.6. The lowest BCUT2D eigenvalue weighted by atomic mass is 9.97. The fourth-order valence-corrected chi connectivity index (χ4v) is 5.37. The van der Waals surface area contributed by atoms with Gasteiger partial charge < -0.3 is 19.5 Å². The Bertz CT molecular complexity index is 1660. The molecule has 0 bridgehead atoms. The van der Waals surface area contributed by atoms with E-state index in [4.69, 9.17) is 19.2 Å². The Balaban J connectivity index is 1.26.